The maximum absolute atomic E-state index is 14.6. The number of halogens is 3. The highest BCUT2D eigenvalue weighted by Gasteiger charge is 2.73. The van der Waals surface area contributed by atoms with Crippen molar-refractivity contribution in [2.24, 2.45) is 11.8 Å². The number of carbonyl (C=O) groups excluding carboxylic acids is 3. The monoisotopic (exact) mass is 614 g/mol. The zero-order chi connectivity index (χ0) is 29.4. The number of hydrogen-bond acceptors (Lipinski definition) is 3. The molecule has 3 amide bonds. The molecule has 0 spiro atoms. The predicted molar refractivity (Wildman–Crippen MR) is 164 cm³/mol. The number of carbonyl (C=O) groups is 3. The Balaban J connectivity index is 1.36. The molecule has 0 aromatic heterocycles. The SMILES string of the molecule is Cc1ccc(NC(=O)[C@H](Cc2ccccc2)N2C(=O)[C@@H]3[C@H](C2=O)C2(Cl)c4ccccc4C3(Cl)c3ccccc32)cc1Cl. The Morgan fingerprint density at radius 2 is 1.26 bits per heavy atom. The van der Waals surface area contributed by atoms with Crippen molar-refractivity contribution in [3.05, 3.63) is 135 Å². The number of nitrogens with zero attached hydrogens (tertiary/aromatic N) is 1. The molecule has 210 valence electrons. The largest absolute Gasteiger partial charge is 0.324 e. The van der Waals surface area contributed by atoms with E-state index in [9.17, 15) is 14.4 Å². The van der Waals surface area contributed by atoms with E-state index in [2.05, 4.69) is 5.32 Å². The van der Waals surface area contributed by atoms with E-state index in [1.165, 1.54) is 0 Å². The fourth-order valence-electron chi connectivity index (χ4n) is 7.03. The molecule has 1 heterocycles. The van der Waals surface area contributed by atoms with E-state index in [1.54, 1.807) is 18.2 Å². The molecule has 1 N–H and O–H groups in total. The van der Waals surface area contributed by atoms with Gasteiger partial charge in [0.2, 0.25) is 17.7 Å². The number of rotatable bonds is 5. The van der Waals surface area contributed by atoms with Crippen LogP contribution in [0.1, 0.15) is 33.4 Å². The van der Waals surface area contributed by atoms with Gasteiger partial charge in [-0.05, 0) is 52.4 Å². The molecule has 4 aromatic carbocycles. The fourth-order valence-corrected chi connectivity index (χ4v) is 8.31. The van der Waals surface area contributed by atoms with Gasteiger partial charge < -0.3 is 5.32 Å². The van der Waals surface area contributed by atoms with Crippen LogP contribution in [0.2, 0.25) is 5.02 Å². The summed E-state index contributed by atoms with van der Waals surface area (Å²) in [6.07, 6.45) is 0.119. The van der Waals surface area contributed by atoms with Crippen LogP contribution in [0.25, 0.3) is 0 Å². The molecule has 0 saturated carbocycles. The second-order valence-corrected chi connectivity index (χ2v) is 12.8. The summed E-state index contributed by atoms with van der Waals surface area (Å²) in [4.78, 5) is 41.6. The van der Waals surface area contributed by atoms with E-state index in [0.717, 1.165) is 16.0 Å². The van der Waals surface area contributed by atoms with E-state index >= 15 is 0 Å². The molecule has 1 saturated heterocycles. The van der Waals surface area contributed by atoms with Gasteiger partial charge >= 0.3 is 0 Å². The van der Waals surface area contributed by atoms with Crippen LogP contribution in [0.3, 0.4) is 0 Å². The molecule has 4 aromatic rings. The second kappa shape index (κ2) is 9.70. The summed E-state index contributed by atoms with van der Waals surface area (Å²) in [5, 5.41) is 3.38. The highest BCUT2D eigenvalue weighted by molar-refractivity contribution is 6.36. The molecule has 4 aliphatic rings. The first-order valence-corrected chi connectivity index (χ1v) is 14.9. The lowest BCUT2D eigenvalue weighted by molar-refractivity contribution is -0.146. The summed E-state index contributed by atoms with van der Waals surface area (Å²) < 4.78 is 0. The maximum atomic E-state index is 14.6. The van der Waals surface area contributed by atoms with Gasteiger partial charge in [0.15, 0.2) is 0 Å². The number of likely N-dealkylation sites (tertiary alicyclic amines) is 1. The summed E-state index contributed by atoms with van der Waals surface area (Å²) in [5.74, 6) is -3.50. The summed E-state index contributed by atoms with van der Waals surface area (Å²) in [5.41, 5.74) is 4.97. The Hall–Kier alpha value is -3.64. The maximum Gasteiger partial charge on any atom is 0.248 e. The van der Waals surface area contributed by atoms with Gasteiger partial charge in [-0.1, -0.05) is 96.5 Å². The molecule has 0 unspecified atom stereocenters. The average molecular weight is 616 g/mol. The van der Waals surface area contributed by atoms with Crippen molar-refractivity contribution in [3.63, 3.8) is 0 Å². The topological polar surface area (TPSA) is 66.5 Å². The van der Waals surface area contributed by atoms with Gasteiger partial charge in [0.1, 0.15) is 15.8 Å². The Kier molecular flexibility index (Phi) is 6.28. The zero-order valence-corrected chi connectivity index (χ0v) is 24.8. The average Bonchev–Trinajstić information content (AvgIpc) is 3.27. The van der Waals surface area contributed by atoms with Gasteiger partial charge in [-0.3, -0.25) is 19.3 Å². The molecular formula is C34H25Cl3N2O3. The van der Waals surface area contributed by atoms with Crippen molar-refractivity contribution in [3.8, 4) is 0 Å². The zero-order valence-electron chi connectivity index (χ0n) is 22.5. The van der Waals surface area contributed by atoms with E-state index in [-0.39, 0.29) is 6.42 Å². The molecule has 3 aliphatic carbocycles. The Morgan fingerprint density at radius 1 is 0.786 bits per heavy atom. The van der Waals surface area contributed by atoms with Crippen LogP contribution < -0.4 is 5.32 Å². The standard InChI is InChI=1S/C34H25Cl3N2O3/c1-19-15-16-21(18-26(19)35)38-30(40)27(17-20-9-3-2-4-10-20)39-31(41)28-29(32(39)42)34(37)23-12-6-5-11-22(23)33(28,36)24-13-7-8-14-25(24)34/h2-16,18,27-29H,17H2,1H3,(H,38,40)/t27-,28-,29+,33?,34?/m0/s1. The highest BCUT2D eigenvalue weighted by atomic mass is 35.5. The lowest BCUT2D eigenvalue weighted by atomic mass is 9.54. The first kappa shape index (κ1) is 27.2. The molecule has 42 heavy (non-hydrogen) atoms. The third kappa shape index (κ3) is 3.67. The molecule has 1 fully saturated rings. The molecule has 5 nitrogen and oxygen atoms in total. The van der Waals surface area contributed by atoms with E-state index in [0.29, 0.717) is 33.0 Å². The molecule has 8 rings (SSSR count). The van der Waals surface area contributed by atoms with Gasteiger partial charge in [-0.2, -0.15) is 0 Å². The van der Waals surface area contributed by atoms with Crippen molar-refractivity contribution in [1.82, 2.24) is 4.90 Å². The van der Waals surface area contributed by atoms with Crippen molar-refractivity contribution < 1.29 is 14.4 Å². The third-order valence-electron chi connectivity index (χ3n) is 8.94. The molecule has 2 bridgehead atoms. The molecule has 0 radical (unpaired) electrons. The van der Waals surface area contributed by atoms with Crippen LogP contribution in [0, 0.1) is 18.8 Å². The van der Waals surface area contributed by atoms with Gasteiger partial charge in [0, 0.05) is 17.1 Å². The summed E-state index contributed by atoms with van der Waals surface area (Å²) in [6.45, 7) is 1.86. The Labute approximate surface area is 258 Å². The quantitative estimate of drug-likeness (QED) is 0.199. The number of hydrogen-bond donors (Lipinski definition) is 1. The molecule has 3 atom stereocenters. The van der Waals surface area contributed by atoms with Crippen LogP contribution in [0.15, 0.2) is 97.1 Å². The first-order valence-electron chi connectivity index (χ1n) is 13.7. The Bertz CT molecular complexity index is 1670. The summed E-state index contributed by atoms with van der Waals surface area (Å²) in [7, 11) is 0. The van der Waals surface area contributed by atoms with Gasteiger partial charge in [-0.25, -0.2) is 0 Å². The van der Waals surface area contributed by atoms with Crippen molar-refractivity contribution in [1.29, 1.82) is 0 Å². The number of alkyl halides is 2. The molecular weight excluding hydrogens is 591 g/mol. The normalized spacial score (nSPS) is 26.0. The van der Waals surface area contributed by atoms with Crippen LogP contribution in [-0.4, -0.2) is 28.7 Å². The van der Waals surface area contributed by atoms with Crippen LogP contribution in [-0.2, 0) is 30.6 Å². The highest BCUT2D eigenvalue weighted by Crippen LogP contribution is 2.69. The predicted octanol–water partition coefficient (Wildman–Crippen LogP) is 6.79. The summed E-state index contributed by atoms with van der Waals surface area (Å²) in [6, 6.07) is 28.3. The summed E-state index contributed by atoms with van der Waals surface area (Å²) >= 11 is 21.5. The number of nitrogens with one attached hydrogen (secondary N) is 1. The molecule has 1 aliphatic heterocycles. The Morgan fingerprint density at radius 3 is 1.74 bits per heavy atom. The number of amides is 3. The minimum Gasteiger partial charge on any atom is -0.324 e. The number of imide groups is 1. The van der Waals surface area contributed by atoms with Crippen molar-refractivity contribution in [2.75, 3.05) is 5.32 Å². The van der Waals surface area contributed by atoms with E-state index < -0.39 is 45.3 Å². The van der Waals surface area contributed by atoms with Crippen molar-refractivity contribution in [2.45, 2.75) is 29.1 Å². The fraction of sp³-hybridized carbons (Fsp3) is 0.206. The van der Waals surface area contributed by atoms with Crippen LogP contribution in [0.5, 0.6) is 0 Å². The minimum absolute atomic E-state index is 0.119. The van der Waals surface area contributed by atoms with Crippen LogP contribution in [0.4, 0.5) is 5.69 Å². The van der Waals surface area contributed by atoms with Crippen molar-refractivity contribution >= 4 is 58.2 Å². The smallest absolute Gasteiger partial charge is 0.248 e. The first-order chi connectivity index (χ1) is 20.2. The van der Waals surface area contributed by atoms with Crippen LogP contribution >= 0.6 is 34.8 Å². The third-order valence-corrected chi connectivity index (χ3v) is 10.6. The van der Waals surface area contributed by atoms with Gasteiger partial charge in [-0.15, -0.1) is 23.2 Å². The second-order valence-electron chi connectivity index (χ2n) is 11.2. The number of aryl methyl sites for hydroxylation is 1. The lowest BCUT2D eigenvalue weighted by Crippen LogP contribution is -2.57. The van der Waals surface area contributed by atoms with E-state index in [4.69, 9.17) is 34.8 Å². The van der Waals surface area contributed by atoms with Gasteiger partial charge in [0.25, 0.3) is 0 Å². The van der Waals surface area contributed by atoms with E-state index in [1.807, 2.05) is 85.8 Å². The number of anilines is 1. The minimum atomic E-state index is -1.33. The number of benzene rings is 4. The van der Waals surface area contributed by atoms with Gasteiger partial charge in [0.05, 0.1) is 11.8 Å². The lowest BCUT2D eigenvalue weighted by Gasteiger charge is -2.54. The molecule has 8 heteroatoms.